The van der Waals surface area contributed by atoms with Gasteiger partial charge in [0.15, 0.2) is 0 Å². The van der Waals surface area contributed by atoms with Crippen molar-refractivity contribution in [2.75, 3.05) is 13.1 Å². The van der Waals surface area contributed by atoms with E-state index >= 15 is 0 Å². The van der Waals surface area contributed by atoms with Crippen LogP contribution in [-0.4, -0.2) is 35.3 Å². The Bertz CT molecular complexity index is 567. The number of aliphatic hydroxyl groups excluding tert-OH is 1. The van der Waals surface area contributed by atoms with Crippen LogP contribution in [0.15, 0.2) is 24.3 Å². The fourth-order valence-electron chi connectivity index (χ4n) is 2.09. The SMILES string of the molecule is CCC(O)CCNC(=O)NCCCc1nc2ccccc2s1. The van der Waals surface area contributed by atoms with Gasteiger partial charge >= 0.3 is 6.03 Å². The number of aromatic nitrogens is 1. The molecule has 0 fully saturated rings. The van der Waals surface area contributed by atoms with Crippen molar-refractivity contribution >= 4 is 27.6 Å². The largest absolute Gasteiger partial charge is 0.393 e. The van der Waals surface area contributed by atoms with E-state index < -0.39 is 0 Å². The van der Waals surface area contributed by atoms with Crippen molar-refractivity contribution < 1.29 is 9.90 Å². The molecule has 0 aliphatic heterocycles. The van der Waals surface area contributed by atoms with Crippen LogP contribution in [0.25, 0.3) is 10.2 Å². The highest BCUT2D eigenvalue weighted by molar-refractivity contribution is 7.18. The van der Waals surface area contributed by atoms with Crippen LogP contribution < -0.4 is 10.6 Å². The highest BCUT2D eigenvalue weighted by Gasteiger charge is 2.05. The van der Waals surface area contributed by atoms with E-state index in [1.807, 2.05) is 25.1 Å². The number of benzene rings is 1. The molecule has 2 rings (SSSR count). The second-order valence-electron chi connectivity index (χ2n) is 5.21. The van der Waals surface area contributed by atoms with Crippen molar-refractivity contribution in [2.45, 2.75) is 38.7 Å². The normalized spacial score (nSPS) is 12.3. The molecule has 2 amide bonds. The third-order valence-corrected chi connectivity index (χ3v) is 4.52. The van der Waals surface area contributed by atoms with E-state index in [0.29, 0.717) is 25.9 Å². The number of nitrogens with zero attached hydrogens (tertiary/aromatic N) is 1. The fraction of sp³-hybridized carbons (Fsp3) is 0.500. The van der Waals surface area contributed by atoms with E-state index in [4.69, 9.17) is 0 Å². The number of nitrogens with one attached hydrogen (secondary N) is 2. The molecule has 0 aliphatic carbocycles. The lowest BCUT2D eigenvalue weighted by molar-refractivity contribution is 0.160. The standard InChI is InChI=1S/C16H23N3O2S/c1-2-12(20)9-11-18-16(21)17-10-5-8-15-19-13-6-3-4-7-14(13)22-15/h3-4,6-7,12,20H,2,5,8-11H2,1H3,(H2,17,18,21). The van der Waals surface area contributed by atoms with E-state index in [0.717, 1.165) is 23.4 Å². The molecule has 1 aromatic carbocycles. The van der Waals surface area contributed by atoms with Crippen LogP contribution in [0.3, 0.4) is 0 Å². The van der Waals surface area contributed by atoms with Crippen molar-refractivity contribution in [3.63, 3.8) is 0 Å². The summed E-state index contributed by atoms with van der Waals surface area (Å²) in [5.41, 5.74) is 1.04. The molecule has 6 heteroatoms. The number of hydrogen-bond acceptors (Lipinski definition) is 4. The zero-order valence-corrected chi connectivity index (χ0v) is 13.7. The molecule has 0 radical (unpaired) electrons. The highest BCUT2D eigenvalue weighted by Crippen LogP contribution is 2.22. The number of hydrogen-bond donors (Lipinski definition) is 3. The molecule has 1 aromatic heterocycles. The molecule has 0 bridgehead atoms. The van der Waals surface area contributed by atoms with Gasteiger partial charge in [-0.1, -0.05) is 19.1 Å². The molecule has 0 aliphatic rings. The van der Waals surface area contributed by atoms with Crippen molar-refractivity contribution in [3.8, 4) is 0 Å². The minimum atomic E-state index is -0.334. The first kappa shape index (κ1) is 16.7. The van der Waals surface area contributed by atoms with E-state index in [2.05, 4.69) is 21.7 Å². The van der Waals surface area contributed by atoms with Crippen molar-refractivity contribution in [2.24, 2.45) is 0 Å². The Kier molecular flexibility index (Phi) is 6.61. The molecular weight excluding hydrogens is 298 g/mol. The first-order chi connectivity index (χ1) is 10.7. The molecule has 0 saturated carbocycles. The summed E-state index contributed by atoms with van der Waals surface area (Å²) in [5.74, 6) is 0. The number of urea groups is 1. The van der Waals surface area contributed by atoms with Crippen LogP contribution in [0.1, 0.15) is 31.2 Å². The summed E-state index contributed by atoms with van der Waals surface area (Å²) in [6, 6.07) is 7.94. The summed E-state index contributed by atoms with van der Waals surface area (Å²) >= 11 is 1.71. The number of aliphatic hydroxyl groups is 1. The molecule has 3 N–H and O–H groups in total. The third-order valence-electron chi connectivity index (χ3n) is 3.43. The van der Waals surface area contributed by atoms with E-state index in [9.17, 15) is 9.90 Å². The molecule has 1 atom stereocenters. The van der Waals surface area contributed by atoms with Gasteiger partial charge in [-0.2, -0.15) is 0 Å². The van der Waals surface area contributed by atoms with Gasteiger partial charge in [0.25, 0.3) is 0 Å². The average molecular weight is 321 g/mol. The smallest absolute Gasteiger partial charge is 0.314 e. The molecule has 22 heavy (non-hydrogen) atoms. The maximum Gasteiger partial charge on any atom is 0.314 e. The summed E-state index contributed by atoms with van der Waals surface area (Å²) in [6.45, 7) is 3.05. The van der Waals surface area contributed by atoms with Gasteiger partial charge in [0.05, 0.1) is 21.3 Å². The fourth-order valence-corrected chi connectivity index (χ4v) is 3.10. The van der Waals surface area contributed by atoms with Gasteiger partial charge in [-0.25, -0.2) is 9.78 Å². The Hall–Kier alpha value is -1.66. The van der Waals surface area contributed by atoms with Gasteiger partial charge in [-0.15, -0.1) is 11.3 Å². The van der Waals surface area contributed by atoms with E-state index in [1.165, 1.54) is 4.70 Å². The molecule has 0 spiro atoms. The zero-order valence-electron chi connectivity index (χ0n) is 12.8. The quantitative estimate of drug-likeness (QED) is 0.654. The number of amides is 2. The van der Waals surface area contributed by atoms with Crippen LogP contribution in [0, 0.1) is 0 Å². The van der Waals surface area contributed by atoms with Crippen molar-refractivity contribution in [1.29, 1.82) is 0 Å². The average Bonchev–Trinajstić information content (AvgIpc) is 2.94. The lowest BCUT2D eigenvalue weighted by Gasteiger charge is -2.09. The lowest BCUT2D eigenvalue weighted by Crippen LogP contribution is -2.37. The molecule has 0 saturated heterocycles. The predicted octanol–water partition coefficient (Wildman–Crippen LogP) is 2.69. The lowest BCUT2D eigenvalue weighted by atomic mass is 10.2. The second-order valence-corrected chi connectivity index (χ2v) is 6.33. The second kappa shape index (κ2) is 8.70. The maximum atomic E-state index is 11.5. The van der Waals surface area contributed by atoms with Crippen LogP contribution in [0.4, 0.5) is 4.79 Å². The minimum Gasteiger partial charge on any atom is -0.393 e. The molecule has 5 nitrogen and oxygen atoms in total. The van der Waals surface area contributed by atoms with Gasteiger partial charge in [0.2, 0.25) is 0 Å². The summed E-state index contributed by atoms with van der Waals surface area (Å²) in [4.78, 5) is 16.1. The predicted molar refractivity (Wildman–Crippen MR) is 90.3 cm³/mol. The van der Waals surface area contributed by atoms with Gasteiger partial charge < -0.3 is 15.7 Å². The number of aryl methyl sites for hydroxylation is 1. The van der Waals surface area contributed by atoms with Crippen LogP contribution in [-0.2, 0) is 6.42 Å². The molecule has 2 aromatic rings. The number of fused-ring (bicyclic) bond motifs is 1. The summed E-state index contributed by atoms with van der Waals surface area (Å²) in [6.07, 6.45) is 2.71. The Labute approximate surface area is 134 Å². The van der Waals surface area contributed by atoms with Gasteiger partial charge in [0.1, 0.15) is 0 Å². The van der Waals surface area contributed by atoms with Gasteiger partial charge in [-0.05, 0) is 31.4 Å². The maximum absolute atomic E-state index is 11.5. The molecule has 120 valence electrons. The Balaban J connectivity index is 1.61. The van der Waals surface area contributed by atoms with Crippen molar-refractivity contribution in [3.05, 3.63) is 29.3 Å². The molecule has 1 unspecified atom stereocenters. The first-order valence-corrected chi connectivity index (χ1v) is 8.55. The van der Waals surface area contributed by atoms with Crippen LogP contribution in [0.5, 0.6) is 0 Å². The highest BCUT2D eigenvalue weighted by atomic mass is 32.1. The number of carbonyl (C=O) groups is 1. The summed E-state index contributed by atoms with van der Waals surface area (Å²) < 4.78 is 1.21. The monoisotopic (exact) mass is 321 g/mol. The van der Waals surface area contributed by atoms with Gasteiger partial charge in [0, 0.05) is 19.5 Å². The Morgan fingerprint density at radius 1 is 1.32 bits per heavy atom. The Morgan fingerprint density at radius 2 is 2.09 bits per heavy atom. The van der Waals surface area contributed by atoms with Crippen LogP contribution in [0.2, 0.25) is 0 Å². The van der Waals surface area contributed by atoms with Gasteiger partial charge in [-0.3, -0.25) is 0 Å². The van der Waals surface area contributed by atoms with Crippen LogP contribution >= 0.6 is 11.3 Å². The number of para-hydroxylation sites is 1. The topological polar surface area (TPSA) is 74.2 Å². The number of carbonyl (C=O) groups excluding carboxylic acids is 1. The molecule has 1 heterocycles. The Morgan fingerprint density at radius 3 is 2.86 bits per heavy atom. The first-order valence-electron chi connectivity index (χ1n) is 7.73. The summed E-state index contributed by atoms with van der Waals surface area (Å²) in [5, 5.41) is 16.1. The molecular formula is C16H23N3O2S. The minimum absolute atomic E-state index is 0.174. The summed E-state index contributed by atoms with van der Waals surface area (Å²) in [7, 11) is 0. The number of rotatable bonds is 8. The zero-order chi connectivity index (χ0) is 15.8. The van der Waals surface area contributed by atoms with E-state index in [1.54, 1.807) is 11.3 Å². The number of thiazole rings is 1. The van der Waals surface area contributed by atoms with Crippen molar-refractivity contribution in [1.82, 2.24) is 15.6 Å². The van der Waals surface area contributed by atoms with E-state index in [-0.39, 0.29) is 12.1 Å². The third kappa shape index (κ3) is 5.27.